The third-order valence-electron chi connectivity index (χ3n) is 2.74. The number of primary amides is 1. The Labute approximate surface area is 100 Å². The lowest BCUT2D eigenvalue weighted by atomic mass is 10.1. The van der Waals surface area contributed by atoms with Crippen molar-refractivity contribution in [3.8, 4) is 0 Å². The number of nitrogens with two attached hydrogens (primary N) is 1. The number of rotatable bonds is 5. The Morgan fingerprint density at radius 2 is 2.24 bits per heavy atom. The Balaban J connectivity index is 2.28. The maximum atomic E-state index is 10.9. The first-order chi connectivity index (χ1) is 8.20. The summed E-state index contributed by atoms with van der Waals surface area (Å²) in [6, 6.07) is 8.25. The van der Waals surface area contributed by atoms with Gasteiger partial charge in [-0.2, -0.15) is 0 Å². The second-order valence-corrected chi connectivity index (χ2v) is 4.08. The number of aromatic nitrogens is 1. The number of nitrogens with one attached hydrogen (secondary N) is 1. The molecule has 0 spiro atoms. The van der Waals surface area contributed by atoms with Gasteiger partial charge in [0, 0.05) is 18.3 Å². The van der Waals surface area contributed by atoms with Crippen LogP contribution < -0.4 is 11.1 Å². The minimum Gasteiger partial charge on any atom is -0.368 e. The lowest BCUT2D eigenvalue weighted by molar-refractivity contribution is -0.118. The van der Waals surface area contributed by atoms with E-state index in [2.05, 4.69) is 24.4 Å². The van der Waals surface area contributed by atoms with Crippen LogP contribution in [0, 0.1) is 0 Å². The molecule has 90 valence electrons. The van der Waals surface area contributed by atoms with Crippen molar-refractivity contribution in [3.63, 3.8) is 0 Å². The number of carbonyl (C=O) groups excluding carboxylic acids is 1. The molecule has 0 saturated carbocycles. The Bertz CT molecular complexity index is 530. The quantitative estimate of drug-likeness (QED) is 0.813. The largest absolute Gasteiger partial charge is 0.368 e. The standard InChI is InChI=1S/C13H17N3O/c1-2-15-8-10-3-4-12-11(7-10)5-6-16(12)9-13(14)17/h3-7,15H,2,8-9H2,1H3,(H2,14,17). The van der Waals surface area contributed by atoms with Gasteiger partial charge in [0.05, 0.1) is 0 Å². The summed E-state index contributed by atoms with van der Waals surface area (Å²) < 4.78 is 1.87. The molecule has 2 rings (SSSR count). The van der Waals surface area contributed by atoms with Gasteiger partial charge in [0.25, 0.3) is 0 Å². The predicted octanol–water partition coefficient (Wildman–Crippen LogP) is 1.24. The van der Waals surface area contributed by atoms with Gasteiger partial charge >= 0.3 is 0 Å². The molecule has 0 radical (unpaired) electrons. The molecule has 0 atom stereocenters. The average Bonchev–Trinajstić information content (AvgIpc) is 2.68. The summed E-state index contributed by atoms with van der Waals surface area (Å²) in [6.07, 6.45) is 1.90. The highest BCUT2D eigenvalue weighted by Crippen LogP contribution is 2.17. The van der Waals surface area contributed by atoms with Gasteiger partial charge in [-0.05, 0) is 35.7 Å². The molecule has 2 aromatic rings. The molecular weight excluding hydrogens is 214 g/mol. The lowest BCUT2D eigenvalue weighted by Gasteiger charge is -2.04. The van der Waals surface area contributed by atoms with E-state index in [-0.39, 0.29) is 12.5 Å². The van der Waals surface area contributed by atoms with E-state index >= 15 is 0 Å². The maximum absolute atomic E-state index is 10.9. The SMILES string of the molecule is CCNCc1ccc2c(ccn2CC(N)=O)c1. The van der Waals surface area contributed by atoms with Gasteiger partial charge in [-0.25, -0.2) is 0 Å². The molecule has 1 aromatic heterocycles. The summed E-state index contributed by atoms with van der Waals surface area (Å²) in [4.78, 5) is 10.9. The van der Waals surface area contributed by atoms with Crippen molar-refractivity contribution in [1.82, 2.24) is 9.88 Å². The van der Waals surface area contributed by atoms with Gasteiger partial charge < -0.3 is 15.6 Å². The minimum absolute atomic E-state index is 0.232. The van der Waals surface area contributed by atoms with Crippen LogP contribution in [0.2, 0.25) is 0 Å². The fraction of sp³-hybridized carbons (Fsp3) is 0.308. The topological polar surface area (TPSA) is 60.1 Å². The van der Waals surface area contributed by atoms with Crippen molar-refractivity contribution < 1.29 is 4.79 Å². The second-order valence-electron chi connectivity index (χ2n) is 4.08. The second kappa shape index (κ2) is 5.01. The fourth-order valence-corrected chi connectivity index (χ4v) is 1.93. The van der Waals surface area contributed by atoms with E-state index in [9.17, 15) is 4.79 Å². The molecule has 17 heavy (non-hydrogen) atoms. The molecule has 1 aromatic carbocycles. The molecule has 4 nitrogen and oxygen atoms in total. The van der Waals surface area contributed by atoms with Crippen molar-refractivity contribution in [2.75, 3.05) is 6.54 Å². The van der Waals surface area contributed by atoms with E-state index in [1.54, 1.807) is 0 Å². The molecule has 1 heterocycles. The van der Waals surface area contributed by atoms with Crippen molar-refractivity contribution in [2.45, 2.75) is 20.0 Å². The van der Waals surface area contributed by atoms with Crippen LogP contribution in [0.3, 0.4) is 0 Å². The molecule has 0 aliphatic rings. The molecule has 4 heteroatoms. The Morgan fingerprint density at radius 3 is 2.94 bits per heavy atom. The van der Waals surface area contributed by atoms with Crippen LogP contribution in [-0.2, 0) is 17.9 Å². The van der Waals surface area contributed by atoms with Crippen LogP contribution in [0.25, 0.3) is 10.9 Å². The number of nitrogens with zero attached hydrogens (tertiary/aromatic N) is 1. The van der Waals surface area contributed by atoms with Crippen molar-refractivity contribution in [3.05, 3.63) is 36.0 Å². The van der Waals surface area contributed by atoms with E-state index in [4.69, 9.17) is 5.73 Å². The van der Waals surface area contributed by atoms with Crippen LogP contribution >= 0.6 is 0 Å². The zero-order valence-electron chi connectivity index (χ0n) is 9.94. The zero-order valence-corrected chi connectivity index (χ0v) is 9.94. The summed E-state index contributed by atoms with van der Waals surface area (Å²) in [7, 11) is 0. The first-order valence-corrected chi connectivity index (χ1v) is 5.77. The summed E-state index contributed by atoms with van der Waals surface area (Å²) in [6.45, 7) is 4.14. The van der Waals surface area contributed by atoms with Crippen LogP contribution in [0.5, 0.6) is 0 Å². The smallest absolute Gasteiger partial charge is 0.237 e. The summed E-state index contributed by atoms with van der Waals surface area (Å²) >= 11 is 0. The minimum atomic E-state index is -0.320. The Kier molecular flexibility index (Phi) is 3.44. The van der Waals surface area contributed by atoms with E-state index in [0.717, 1.165) is 24.0 Å². The molecule has 0 unspecified atom stereocenters. The van der Waals surface area contributed by atoms with Gasteiger partial charge in [-0.1, -0.05) is 13.0 Å². The first kappa shape index (κ1) is 11.7. The summed E-state index contributed by atoms with van der Waals surface area (Å²) in [5.74, 6) is -0.320. The Morgan fingerprint density at radius 1 is 1.41 bits per heavy atom. The average molecular weight is 231 g/mol. The number of fused-ring (bicyclic) bond motifs is 1. The zero-order chi connectivity index (χ0) is 12.3. The molecule has 0 fully saturated rings. The van der Waals surface area contributed by atoms with Crippen molar-refractivity contribution >= 4 is 16.8 Å². The van der Waals surface area contributed by atoms with Crippen LogP contribution in [0.4, 0.5) is 0 Å². The molecular formula is C13H17N3O. The molecule has 1 amide bonds. The molecule has 0 aliphatic carbocycles. The highest BCUT2D eigenvalue weighted by molar-refractivity contribution is 5.83. The Hall–Kier alpha value is -1.81. The van der Waals surface area contributed by atoms with Crippen LogP contribution in [-0.4, -0.2) is 17.0 Å². The fourth-order valence-electron chi connectivity index (χ4n) is 1.93. The van der Waals surface area contributed by atoms with E-state index < -0.39 is 0 Å². The summed E-state index contributed by atoms with van der Waals surface area (Å²) in [5.41, 5.74) is 7.49. The normalized spacial score (nSPS) is 10.9. The van der Waals surface area contributed by atoms with E-state index in [0.29, 0.717) is 0 Å². The monoisotopic (exact) mass is 231 g/mol. The number of benzene rings is 1. The van der Waals surface area contributed by atoms with Gasteiger partial charge in [-0.15, -0.1) is 0 Å². The third kappa shape index (κ3) is 2.65. The number of hydrogen-bond donors (Lipinski definition) is 2. The van der Waals surface area contributed by atoms with Crippen LogP contribution in [0.1, 0.15) is 12.5 Å². The molecule has 0 aliphatic heterocycles. The van der Waals surface area contributed by atoms with E-state index in [1.807, 2.05) is 22.9 Å². The van der Waals surface area contributed by atoms with Crippen LogP contribution in [0.15, 0.2) is 30.5 Å². The first-order valence-electron chi connectivity index (χ1n) is 5.77. The highest BCUT2D eigenvalue weighted by atomic mass is 16.1. The third-order valence-corrected chi connectivity index (χ3v) is 2.74. The van der Waals surface area contributed by atoms with Gasteiger partial charge in [0.2, 0.25) is 5.91 Å². The molecule has 0 bridgehead atoms. The van der Waals surface area contributed by atoms with Gasteiger partial charge in [-0.3, -0.25) is 4.79 Å². The summed E-state index contributed by atoms with van der Waals surface area (Å²) in [5, 5.41) is 4.43. The predicted molar refractivity (Wildman–Crippen MR) is 68.5 cm³/mol. The lowest BCUT2D eigenvalue weighted by Crippen LogP contribution is -2.17. The number of carbonyl (C=O) groups is 1. The van der Waals surface area contributed by atoms with Crippen molar-refractivity contribution in [2.24, 2.45) is 5.73 Å². The molecule has 0 saturated heterocycles. The number of amides is 1. The molecule has 3 N–H and O–H groups in total. The number of hydrogen-bond acceptors (Lipinski definition) is 2. The van der Waals surface area contributed by atoms with Gasteiger partial charge in [0.1, 0.15) is 6.54 Å². The highest BCUT2D eigenvalue weighted by Gasteiger charge is 2.04. The van der Waals surface area contributed by atoms with Crippen molar-refractivity contribution in [1.29, 1.82) is 0 Å². The van der Waals surface area contributed by atoms with Gasteiger partial charge in [0.15, 0.2) is 0 Å². The maximum Gasteiger partial charge on any atom is 0.237 e. The van der Waals surface area contributed by atoms with E-state index in [1.165, 1.54) is 5.56 Å².